The fraction of sp³-hybridized carbons (Fsp3) is 0.0732. The molecule has 210 valence electrons. The second-order valence-electron chi connectivity index (χ2n) is 11.3. The van der Waals surface area contributed by atoms with E-state index >= 15 is 0 Å². The van der Waals surface area contributed by atoms with E-state index in [4.69, 9.17) is 4.98 Å². The average molecular weight is 567 g/mol. The van der Waals surface area contributed by atoms with Crippen LogP contribution in [-0.2, 0) is 0 Å². The molecule has 0 amide bonds. The third-order valence-corrected chi connectivity index (χ3v) is 8.86. The maximum absolute atomic E-state index is 14.3. The topological polar surface area (TPSA) is 34.9 Å². The number of hydrogen-bond donors (Lipinski definition) is 0. The molecule has 0 aliphatic heterocycles. The SMILES string of the molecule is C/C=c1\c(=C/CC)c2ccc(-c3cccc(-n4c(=O)c5ccccc5c5cnc6ccccc6c54)c3)cc2c2ccccc12. The van der Waals surface area contributed by atoms with E-state index in [0.717, 1.165) is 50.4 Å². The van der Waals surface area contributed by atoms with E-state index in [1.807, 2.05) is 59.3 Å². The Kier molecular flexibility index (Phi) is 6.13. The van der Waals surface area contributed by atoms with Crippen LogP contribution in [-0.4, -0.2) is 9.55 Å². The van der Waals surface area contributed by atoms with Crippen LogP contribution in [0.25, 0.3) is 83.1 Å². The molecule has 0 unspecified atom stereocenters. The van der Waals surface area contributed by atoms with Crippen molar-refractivity contribution in [2.75, 3.05) is 0 Å². The van der Waals surface area contributed by atoms with Gasteiger partial charge in [-0.15, -0.1) is 0 Å². The number of nitrogens with zero attached hydrogens (tertiary/aromatic N) is 2. The van der Waals surface area contributed by atoms with Gasteiger partial charge < -0.3 is 0 Å². The Hall–Kier alpha value is -5.54. The van der Waals surface area contributed by atoms with Gasteiger partial charge in [0.15, 0.2) is 0 Å². The summed E-state index contributed by atoms with van der Waals surface area (Å²) >= 11 is 0. The Bertz CT molecular complexity index is 2630. The number of hydrogen-bond acceptors (Lipinski definition) is 2. The minimum atomic E-state index is -0.0331. The van der Waals surface area contributed by atoms with Crippen molar-refractivity contribution in [3.8, 4) is 16.8 Å². The lowest BCUT2D eigenvalue weighted by Gasteiger charge is -2.16. The average Bonchev–Trinajstić information content (AvgIpc) is 3.08. The summed E-state index contributed by atoms with van der Waals surface area (Å²) in [7, 11) is 0. The molecule has 0 aliphatic carbocycles. The Balaban J connectivity index is 1.43. The van der Waals surface area contributed by atoms with Crippen LogP contribution in [0.1, 0.15) is 20.3 Å². The summed E-state index contributed by atoms with van der Waals surface area (Å²) in [5, 5.41) is 11.1. The second-order valence-corrected chi connectivity index (χ2v) is 11.3. The van der Waals surface area contributed by atoms with Crippen molar-refractivity contribution in [1.29, 1.82) is 0 Å². The molecule has 6 aromatic carbocycles. The van der Waals surface area contributed by atoms with E-state index in [0.29, 0.717) is 5.39 Å². The summed E-state index contributed by atoms with van der Waals surface area (Å²) in [4.78, 5) is 19.0. The van der Waals surface area contributed by atoms with Crippen LogP contribution in [0.4, 0.5) is 0 Å². The Morgan fingerprint density at radius 2 is 1.27 bits per heavy atom. The van der Waals surface area contributed by atoms with Gasteiger partial charge in [-0.1, -0.05) is 104 Å². The zero-order chi connectivity index (χ0) is 29.8. The first-order valence-corrected chi connectivity index (χ1v) is 15.2. The lowest BCUT2D eigenvalue weighted by Crippen LogP contribution is -2.26. The maximum atomic E-state index is 14.3. The highest BCUT2D eigenvalue weighted by atomic mass is 16.1. The normalized spacial score (nSPS) is 12.8. The molecule has 0 bridgehead atoms. The molecule has 0 saturated carbocycles. The van der Waals surface area contributed by atoms with Gasteiger partial charge in [-0.25, -0.2) is 0 Å². The van der Waals surface area contributed by atoms with Crippen LogP contribution in [0.5, 0.6) is 0 Å². The molecule has 2 aromatic heterocycles. The number of rotatable bonds is 3. The maximum Gasteiger partial charge on any atom is 0.263 e. The van der Waals surface area contributed by atoms with Gasteiger partial charge in [-0.2, -0.15) is 0 Å². The van der Waals surface area contributed by atoms with Crippen molar-refractivity contribution in [2.24, 2.45) is 0 Å². The van der Waals surface area contributed by atoms with Gasteiger partial charge in [-0.05, 0) is 92.2 Å². The highest BCUT2D eigenvalue weighted by molar-refractivity contribution is 6.14. The van der Waals surface area contributed by atoms with Crippen LogP contribution < -0.4 is 16.0 Å². The fourth-order valence-corrected chi connectivity index (χ4v) is 6.92. The highest BCUT2D eigenvalue weighted by Crippen LogP contribution is 2.32. The second kappa shape index (κ2) is 10.3. The molecular formula is C41H30N2O. The molecule has 8 rings (SSSR count). The quantitative estimate of drug-likeness (QED) is 0.201. The third-order valence-electron chi connectivity index (χ3n) is 8.86. The zero-order valence-electron chi connectivity index (χ0n) is 24.7. The van der Waals surface area contributed by atoms with Gasteiger partial charge in [-0.3, -0.25) is 14.3 Å². The lowest BCUT2D eigenvalue weighted by atomic mass is 9.93. The minimum absolute atomic E-state index is 0.0331. The molecule has 0 radical (unpaired) electrons. The number of para-hydroxylation sites is 1. The largest absolute Gasteiger partial charge is 0.276 e. The van der Waals surface area contributed by atoms with Gasteiger partial charge in [0.2, 0.25) is 0 Å². The van der Waals surface area contributed by atoms with E-state index < -0.39 is 0 Å². The van der Waals surface area contributed by atoms with Crippen molar-refractivity contribution in [1.82, 2.24) is 9.55 Å². The summed E-state index contributed by atoms with van der Waals surface area (Å²) < 4.78 is 1.87. The summed E-state index contributed by atoms with van der Waals surface area (Å²) in [5.74, 6) is 0. The first-order valence-electron chi connectivity index (χ1n) is 15.2. The van der Waals surface area contributed by atoms with Crippen molar-refractivity contribution in [2.45, 2.75) is 20.3 Å². The van der Waals surface area contributed by atoms with Gasteiger partial charge in [0.05, 0.1) is 11.0 Å². The monoisotopic (exact) mass is 566 g/mol. The van der Waals surface area contributed by atoms with E-state index in [1.54, 1.807) is 0 Å². The predicted molar refractivity (Wildman–Crippen MR) is 187 cm³/mol. The summed E-state index contributed by atoms with van der Waals surface area (Å²) in [6.07, 6.45) is 7.43. The first-order chi connectivity index (χ1) is 21.7. The van der Waals surface area contributed by atoms with Crippen molar-refractivity contribution in [3.05, 3.63) is 142 Å². The van der Waals surface area contributed by atoms with Crippen LogP contribution in [0, 0.1) is 0 Å². The molecular weight excluding hydrogens is 536 g/mol. The van der Waals surface area contributed by atoms with Crippen LogP contribution >= 0.6 is 0 Å². The van der Waals surface area contributed by atoms with Gasteiger partial charge in [0.25, 0.3) is 5.56 Å². The van der Waals surface area contributed by atoms with Gasteiger partial charge in [0.1, 0.15) is 0 Å². The molecule has 3 heteroatoms. The van der Waals surface area contributed by atoms with Crippen molar-refractivity contribution >= 4 is 66.3 Å². The summed E-state index contributed by atoms with van der Waals surface area (Å²) in [6.45, 7) is 4.32. The lowest BCUT2D eigenvalue weighted by molar-refractivity contribution is 1.06. The van der Waals surface area contributed by atoms with Crippen molar-refractivity contribution < 1.29 is 0 Å². The number of aromatic nitrogens is 2. The van der Waals surface area contributed by atoms with Gasteiger partial charge >= 0.3 is 0 Å². The molecule has 0 saturated heterocycles. The van der Waals surface area contributed by atoms with Crippen molar-refractivity contribution in [3.63, 3.8) is 0 Å². The molecule has 0 N–H and O–H groups in total. The Morgan fingerprint density at radius 1 is 0.614 bits per heavy atom. The molecule has 2 heterocycles. The zero-order valence-corrected chi connectivity index (χ0v) is 24.7. The molecule has 3 nitrogen and oxygen atoms in total. The molecule has 0 fully saturated rings. The van der Waals surface area contributed by atoms with Crippen LogP contribution in [0.2, 0.25) is 0 Å². The van der Waals surface area contributed by atoms with E-state index in [2.05, 4.69) is 92.7 Å². The molecule has 0 aliphatic rings. The molecule has 8 aromatic rings. The first kappa shape index (κ1) is 26.1. The van der Waals surface area contributed by atoms with E-state index in [1.165, 1.54) is 32.0 Å². The minimum Gasteiger partial charge on any atom is -0.276 e. The van der Waals surface area contributed by atoms with Crippen LogP contribution in [0.3, 0.4) is 0 Å². The Labute approximate surface area is 254 Å². The predicted octanol–water partition coefficient (Wildman–Crippen LogP) is 8.66. The fourth-order valence-electron chi connectivity index (χ4n) is 6.92. The van der Waals surface area contributed by atoms with E-state index in [9.17, 15) is 4.79 Å². The summed E-state index contributed by atoms with van der Waals surface area (Å²) in [6, 6.07) is 39.7. The number of pyridine rings is 2. The standard InChI is InChI=1S/C41H30N2O/c1-3-12-30-29(4-2)31-15-5-6-16-32(31)37-24-27(21-22-34(30)37)26-13-11-14-28(23-26)43-40-36-19-9-10-20-39(36)42-25-38(40)33-17-7-8-18-35(33)41(43)44/h4-25H,3H2,1-2H3/b29-4+,30-12+. The third kappa shape index (κ3) is 3.90. The van der Waals surface area contributed by atoms with E-state index in [-0.39, 0.29) is 5.56 Å². The van der Waals surface area contributed by atoms with Gasteiger partial charge in [0, 0.05) is 28.0 Å². The number of benzene rings is 6. The molecule has 0 atom stereocenters. The Morgan fingerprint density at radius 3 is 2.05 bits per heavy atom. The van der Waals surface area contributed by atoms with Crippen LogP contribution in [0.15, 0.2) is 126 Å². The molecule has 0 spiro atoms. The molecule has 44 heavy (non-hydrogen) atoms. The smallest absolute Gasteiger partial charge is 0.263 e. The highest BCUT2D eigenvalue weighted by Gasteiger charge is 2.16. The number of fused-ring (bicyclic) bond motifs is 8. The summed E-state index contributed by atoms with van der Waals surface area (Å²) in [5.41, 5.74) is 4.72.